The molecule has 0 unspecified atom stereocenters. The molecule has 0 atom stereocenters. The van der Waals surface area contributed by atoms with Crippen LogP contribution in [0.2, 0.25) is 0 Å². The molecule has 26 heavy (non-hydrogen) atoms. The summed E-state index contributed by atoms with van der Waals surface area (Å²) < 4.78 is 54.2. The second-order valence-corrected chi connectivity index (χ2v) is 8.39. The summed E-state index contributed by atoms with van der Waals surface area (Å²) in [6, 6.07) is 9.32. The van der Waals surface area contributed by atoms with E-state index >= 15 is 0 Å². The van der Waals surface area contributed by atoms with Crippen molar-refractivity contribution in [1.29, 1.82) is 0 Å². The molecule has 0 bridgehead atoms. The minimum absolute atomic E-state index is 0.0717. The van der Waals surface area contributed by atoms with Gasteiger partial charge in [0.1, 0.15) is 0 Å². The number of halogens is 2. The molecular formula is C19H22F2N2O2S. The van der Waals surface area contributed by atoms with E-state index in [-0.39, 0.29) is 9.79 Å². The Morgan fingerprint density at radius 2 is 1.73 bits per heavy atom. The van der Waals surface area contributed by atoms with Crippen LogP contribution in [-0.4, -0.2) is 34.6 Å². The van der Waals surface area contributed by atoms with Gasteiger partial charge in [0.2, 0.25) is 9.84 Å². The third-order valence-corrected chi connectivity index (χ3v) is 6.60. The number of nitrogens with one attached hydrogen (secondary N) is 1. The van der Waals surface area contributed by atoms with E-state index < -0.39 is 21.8 Å². The largest absolute Gasteiger partial charge is 0.369 e. The van der Waals surface area contributed by atoms with E-state index in [1.54, 1.807) is 31.2 Å². The van der Waals surface area contributed by atoms with Gasteiger partial charge >= 0.3 is 0 Å². The Bertz CT molecular complexity index is 908. The maximum absolute atomic E-state index is 13.9. The second-order valence-electron chi connectivity index (χ2n) is 6.50. The van der Waals surface area contributed by atoms with Crippen molar-refractivity contribution < 1.29 is 17.2 Å². The average Bonchev–Trinajstić information content (AvgIpc) is 2.61. The van der Waals surface area contributed by atoms with Crippen molar-refractivity contribution in [2.24, 2.45) is 0 Å². The molecule has 1 saturated heterocycles. The molecule has 0 aromatic heterocycles. The highest BCUT2D eigenvalue weighted by Crippen LogP contribution is 2.38. The summed E-state index contributed by atoms with van der Waals surface area (Å²) in [5, 5.41) is 3.17. The van der Waals surface area contributed by atoms with Crippen molar-refractivity contribution in [2.45, 2.75) is 30.1 Å². The van der Waals surface area contributed by atoms with E-state index in [4.69, 9.17) is 0 Å². The van der Waals surface area contributed by atoms with Gasteiger partial charge in [-0.1, -0.05) is 23.8 Å². The van der Waals surface area contributed by atoms with Crippen molar-refractivity contribution >= 4 is 15.5 Å². The first-order valence-corrected chi connectivity index (χ1v) is 10.00. The molecule has 1 aliphatic rings. The second kappa shape index (κ2) is 7.32. The topological polar surface area (TPSA) is 49.4 Å². The number of rotatable bonds is 4. The van der Waals surface area contributed by atoms with Gasteiger partial charge in [0.25, 0.3) is 6.43 Å². The Kier molecular flexibility index (Phi) is 5.29. The molecule has 0 radical (unpaired) electrons. The van der Waals surface area contributed by atoms with E-state index in [0.29, 0.717) is 37.4 Å². The molecular weight excluding hydrogens is 358 g/mol. The van der Waals surface area contributed by atoms with Gasteiger partial charge in [-0.15, -0.1) is 0 Å². The zero-order valence-corrected chi connectivity index (χ0v) is 15.6. The van der Waals surface area contributed by atoms with E-state index in [0.717, 1.165) is 5.56 Å². The van der Waals surface area contributed by atoms with Crippen molar-refractivity contribution in [2.75, 3.05) is 31.1 Å². The van der Waals surface area contributed by atoms with Gasteiger partial charge < -0.3 is 10.2 Å². The zero-order chi connectivity index (χ0) is 18.9. The van der Waals surface area contributed by atoms with Crippen LogP contribution in [0.1, 0.15) is 23.1 Å². The van der Waals surface area contributed by atoms with Crippen LogP contribution in [0.5, 0.6) is 0 Å². The third-order valence-electron chi connectivity index (χ3n) is 4.63. The van der Waals surface area contributed by atoms with Gasteiger partial charge in [-0.3, -0.25) is 0 Å². The highest BCUT2D eigenvalue weighted by Gasteiger charge is 2.30. The molecule has 140 valence electrons. The Hall–Kier alpha value is -1.99. The first-order chi connectivity index (χ1) is 12.3. The summed E-state index contributed by atoms with van der Waals surface area (Å²) in [4.78, 5) is 1.58. The molecule has 2 aromatic rings. The van der Waals surface area contributed by atoms with Gasteiger partial charge in [-0.05, 0) is 37.6 Å². The van der Waals surface area contributed by atoms with Crippen LogP contribution in [0, 0.1) is 13.8 Å². The van der Waals surface area contributed by atoms with E-state index in [1.165, 1.54) is 12.1 Å². The fraction of sp³-hybridized carbons (Fsp3) is 0.368. The lowest BCUT2D eigenvalue weighted by atomic mass is 10.1. The monoisotopic (exact) mass is 380 g/mol. The van der Waals surface area contributed by atoms with Gasteiger partial charge in [-0.2, -0.15) is 0 Å². The minimum atomic E-state index is -4.05. The first-order valence-electron chi connectivity index (χ1n) is 8.51. The van der Waals surface area contributed by atoms with Crippen LogP contribution in [0.25, 0.3) is 0 Å². The highest BCUT2D eigenvalue weighted by atomic mass is 32.2. The maximum Gasteiger partial charge on any atom is 0.267 e. The van der Waals surface area contributed by atoms with Crippen molar-refractivity contribution in [1.82, 2.24) is 5.32 Å². The van der Waals surface area contributed by atoms with Crippen molar-refractivity contribution in [3.63, 3.8) is 0 Å². The van der Waals surface area contributed by atoms with Crippen molar-refractivity contribution in [3.05, 3.63) is 53.1 Å². The predicted octanol–water partition coefficient (Wildman–Crippen LogP) is 3.48. The van der Waals surface area contributed by atoms with E-state index in [9.17, 15) is 17.2 Å². The number of aryl methyl sites for hydroxylation is 2. The molecule has 7 heteroatoms. The number of nitrogens with zero attached hydrogens (tertiary/aromatic N) is 1. The molecule has 1 heterocycles. The molecule has 1 fully saturated rings. The number of alkyl halides is 2. The number of sulfone groups is 1. The summed E-state index contributed by atoms with van der Waals surface area (Å²) in [5.74, 6) is 0. The Morgan fingerprint density at radius 1 is 1.04 bits per heavy atom. The molecule has 1 aliphatic heterocycles. The summed E-state index contributed by atoms with van der Waals surface area (Å²) in [6.07, 6.45) is -2.88. The average molecular weight is 380 g/mol. The first kappa shape index (κ1) is 18.8. The molecule has 0 spiro atoms. The molecule has 1 N–H and O–H groups in total. The normalized spacial score (nSPS) is 15.5. The van der Waals surface area contributed by atoms with Crippen LogP contribution in [-0.2, 0) is 9.84 Å². The summed E-state index contributed by atoms with van der Waals surface area (Å²) in [7, 11) is -4.05. The van der Waals surface area contributed by atoms with Crippen LogP contribution in [0.15, 0.2) is 46.2 Å². The van der Waals surface area contributed by atoms with Gasteiger partial charge in [0, 0.05) is 31.9 Å². The van der Waals surface area contributed by atoms with E-state index in [1.807, 2.05) is 11.8 Å². The quantitative estimate of drug-likeness (QED) is 0.882. The summed E-state index contributed by atoms with van der Waals surface area (Å²) in [6.45, 7) is 6.02. The van der Waals surface area contributed by atoms with Crippen molar-refractivity contribution in [3.8, 4) is 0 Å². The fourth-order valence-electron chi connectivity index (χ4n) is 3.39. The van der Waals surface area contributed by atoms with Gasteiger partial charge in [0.15, 0.2) is 0 Å². The van der Waals surface area contributed by atoms with Crippen LogP contribution < -0.4 is 10.2 Å². The number of piperazine rings is 1. The van der Waals surface area contributed by atoms with Gasteiger partial charge in [-0.25, -0.2) is 17.2 Å². The third kappa shape index (κ3) is 3.46. The predicted molar refractivity (Wildman–Crippen MR) is 97.8 cm³/mol. The molecule has 0 aliphatic carbocycles. The Morgan fingerprint density at radius 3 is 2.35 bits per heavy atom. The molecule has 0 amide bonds. The lowest BCUT2D eigenvalue weighted by Gasteiger charge is -2.31. The smallest absolute Gasteiger partial charge is 0.267 e. The number of hydrogen-bond acceptors (Lipinski definition) is 4. The lowest BCUT2D eigenvalue weighted by Crippen LogP contribution is -2.44. The molecule has 4 nitrogen and oxygen atoms in total. The van der Waals surface area contributed by atoms with Crippen LogP contribution >= 0.6 is 0 Å². The van der Waals surface area contributed by atoms with Gasteiger partial charge in [0.05, 0.1) is 15.4 Å². The summed E-state index contributed by atoms with van der Waals surface area (Å²) in [5.41, 5.74) is 1.37. The fourth-order valence-corrected chi connectivity index (χ4v) is 5.09. The van der Waals surface area contributed by atoms with E-state index in [2.05, 4.69) is 5.32 Å². The molecule has 2 aromatic carbocycles. The molecule has 0 saturated carbocycles. The Labute approximate surface area is 152 Å². The summed E-state index contributed by atoms with van der Waals surface area (Å²) >= 11 is 0. The zero-order valence-electron chi connectivity index (χ0n) is 14.8. The SMILES string of the molecule is Cc1ccc(S(=O)(=O)c2cccc(N3CCNCC3)c2C(F)F)c(C)c1. The highest BCUT2D eigenvalue weighted by molar-refractivity contribution is 7.91. The lowest BCUT2D eigenvalue weighted by molar-refractivity contribution is 0.148. The van der Waals surface area contributed by atoms with Crippen LogP contribution in [0.4, 0.5) is 14.5 Å². The standard InChI is InChI=1S/C19H22F2N2O2S/c1-13-6-7-16(14(2)12-13)26(24,25)17-5-3-4-15(18(17)19(20)21)23-10-8-22-9-11-23/h3-7,12,19,22H,8-11H2,1-2H3. The minimum Gasteiger partial charge on any atom is -0.369 e. The van der Waals surface area contributed by atoms with Crippen LogP contribution in [0.3, 0.4) is 0 Å². The number of hydrogen-bond donors (Lipinski definition) is 1. The molecule has 3 rings (SSSR count). The Balaban J connectivity index is 2.17. The maximum atomic E-state index is 13.9. The number of benzene rings is 2. The number of anilines is 1.